The van der Waals surface area contributed by atoms with Crippen LogP contribution in [0, 0.1) is 5.82 Å². The number of nitrogens with two attached hydrogens (primary N) is 1. The van der Waals surface area contributed by atoms with Crippen molar-refractivity contribution in [2.45, 2.75) is 6.54 Å². The molecule has 2 aromatic carbocycles. The molecule has 0 saturated carbocycles. The number of halogens is 3. The van der Waals surface area contributed by atoms with Gasteiger partial charge < -0.3 is 10.5 Å². The lowest BCUT2D eigenvalue weighted by Gasteiger charge is -2.12. The second kappa shape index (κ2) is 5.90. The Labute approximate surface area is 124 Å². The quantitative estimate of drug-likeness (QED) is 0.839. The zero-order valence-electron chi connectivity index (χ0n) is 10.2. The van der Waals surface area contributed by atoms with Crippen LogP contribution in [0.2, 0.25) is 5.02 Å². The van der Waals surface area contributed by atoms with Crippen LogP contribution >= 0.6 is 27.5 Å². The SMILES string of the molecule is COc1ccc(-c2ccc(Br)c(Cl)c2F)c(CN)c1. The second-order valence-corrected chi connectivity index (χ2v) is 5.18. The van der Waals surface area contributed by atoms with E-state index in [0.717, 1.165) is 11.1 Å². The summed E-state index contributed by atoms with van der Waals surface area (Å²) in [5.41, 5.74) is 7.66. The van der Waals surface area contributed by atoms with Gasteiger partial charge in [-0.3, -0.25) is 0 Å². The maximum Gasteiger partial charge on any atom is 0.150 e. The highest BCUT2D eigenvalue weighted by Gasteiger charge is 2.14. The van der Waals surface area contributed by atoms with Crippen molar-refractivity contribution in [2.75, 3.05) is 7.11 Å². The summed E-state index contributed by atoms with van der Waals surface area (Å²) < 4.78 is 19.9. The van der Waals surface area contributed by atoms with E-state index in [9.17, 15) is 4.39 Å². The van der Waals surface area contributed by atoms with Crippen molar-refractivity contribution < 1.29 is 9.13 Å². The van der Waals surface area contributed by atoms with Crippen molar-refractivity contribution in [1.82, 2.24) is 0 Å². The van der Waals surface area contributed by atoms with Crippen molar-refractivity contribution in [3.05, 3.63) is 51.2 Å². The summed E-state index contributed by atoms with van der Waals surface area (Å²) in [5.74, 6) is 0.226. The molecular weight excluding hydrogens is 333 g/mol. The Morgan fingerprint density at radius 3 is 2.58 bits per heavy atom. The summed E-state index contributed by atoms with van der Waals surface area (Å²) in [6, 6.07) is 8.73. The van der Waals surface area contributed by atoms with Crippen molar-refractivity contribution >= 4 is 27.5 Å². The van der Waals surface area contributed by atoms with Gasteiger partial charge in [-0.05, 0) is 45.3 Å². The third-order valence-corrected chi connectivity index (χ3v) is 4.12. The minimum Gasteiger partial charge on any atom is -0.497 e. The minimum absolute atomic E-state index is 0.0660. The van der Waals surface area contributed by atoms with Crippen molar-refractivity contribution in [3.8, 4) is 16.9 Å². The summed E-state index contributed by atoms with van der Waals surface area (Å²) >= 11 is 9.10. The zero-order chi connectivity index (χ0) is 14.0. The highest BCUT2D eigenvalue weighted by atomic mass is 79.9. The average Bonchev–Trinajstić information content (AvgIpc) is 2.44. The molecule has 100 valence electrons. The zero-order valence-corrected chi connectivity index (χ0v) is 12.6. The monoisotopic (exact) mass is 343 g/mol. The summed E-state index contributed by atoms with van der Waals surface area (Å²) in [4.78, 5) is 0. The molecule has 2 aromatic rings. The van der Waals surface area contributed by atoms with Crippen LogP contribution in [0.25, 0.3) is 11.1 Å². The van der Waals surface area contributed by atoms with Gasteiger partial charge in [0, 0.05) is 16.6 Å². The van der Waals surface area contributed by atoms with Gasteiger partial charge in [0.05, 0.1) is 12.1 Å². The molecule has 2 N–H and O–H groups in total. The third-order valence-electron chi connectivity index (χ3n) is 2.86. The van der Waals surface area contributed by atoms with E-state index < -0.39 is 5.82 Å². The van der Waals surface area contributed by atoms with Crippen LogP contribution in [0.3, 0.4) is 0 Å². The van der Waals surface area contributed by atoms with Crippen molar-refractivity contribution in [2.24, 2.45) is 5.73 Å². The van der Waals surface area contributed by atoms with Crippen LogP contribution < -0.4 is 10.5 Å². The second-order valence-electron chi connectivity index (χ2n) is 3.95. The maximum atomic E-state index is 14.2. The lowest BCUT2D eigenvalue weighted by molar-refractivity contribution is 0.414. The van der Waals surface area contributed by atoms with Crippen LogP contribution in [0.4, 0.5) is 4.39 Å². The van der Waals surface area contributed by atoms with Gasteiger partial charge in [-0.25, -0.2) is 4.39 Å². The molecule has 0 heterocycles. The molecule has 0 aromatic heterocycles. The predicted molar refractivity (Wildman–Crippen MR) is 79.0 cm³/mol. The average molecular weight is 345 g/mol. The van der Waals surface area contributed by atoms with Gasteiger partial charge in [-0.15, -0.1) is 0 Å². The number of hydrogen-bond donors (Lipinski definition) is 1. The van der Waals surface area contributed by atoms with Gasteiger partial charge in [-0.2, -0.15) is 0 Å². The molecule has 0 amide bonds. The van der Waals surface area contributed by atoms with E-state index in [0.29, 0.717) is 22.3 Å². The fourth-order valence-corrected chi connectivity index (χ4v) is 2.33. The van der Waals surface area contributed by atoms with E-state index in [4.69, 9.17) is 22.1 Å². The largest absolute Gasteiger partial charge is 0.497 e. The Kier molecular flexibility index (Phi) is 4.45. The van der Waals surface area contributed by atoms with Gasteiger partial charge in [0.2, 0.25) is 0 Å². The van der Waals surface area contributed by atoms with E-state index in [-0.39, 0.29) is 5.02 Å². The first-order valence-corrected chi connectivity index (χ1v) is 6.76. The maximum absolute atomic E-state index is 14.2. The third kappa shape index (κ3) is 2.76. The minimum atomic E-state index is -0.462. The highest BCUT2D eigenvalue weighted by Crippen LogP contribution is 2.35. The van der Waals surface area contributed by atoms with Crippen LogP contribution in [-0.2, 0) is 6.54 Å². The fraction of sp³-hybridized carbons (Fsp3) is 0.143. The molecule has 0 atom stereocenters. The van der Waals surface area contributed by atoms with Gasteiger partial charge >= 0.3 is 0 Å². The first-order valence-electron chi connectivity index (χ1n) is 5.59. The Bertz CT molecular complexity index is 619. The molecule has 0 radical (unpaired) electrons. The molecule has 2 rings (SSSR count). The Morgan fingerprint density at radius 2 is 1.95 bits per heavy atom. The van der Waals surface area contributed by atoms with Crippen molar-refractivity contribution in [3.63, 3.8) is 0 Å². The summed E-state index contributed by atoms with van der Waals surface area (Å²) in [6.45, 7) is 0.291. The van der Waals surface area contributed by atoms with Gasteiger partial charge in [0.15, 0.2) is 5.82 Å². The van der Waals surface area contributed by atoms with Crippen molar-refractivity contribution in [1.29, 1.82) is 0 Å². The Morgan fingerprint density at radius 1 is 1.26 bits per heavy atom. The standard InChI is InChI=1S/C14H12BrClFNO/c1-19-9-2-3-10(8(6-9)7-18)11-4-5-12(15)13(16)14(11)17/h2-6H,7,18H2,1H3. The van der Waals surface area contributed by atoms with E-state index in [1.54, 1.807) is 37.4 Å². The number of hydrogen-bond acceptors (Lipinski definition) is 2. The summed E-state index contributed by atoms with van der Waals surface area (Å²) in [5, 5.41) is 0.0660. The van der Waals surface area contributed by atoms with Crippen LogP contribution in [0.15, 0.2) is 34.8 Å². The molecule has 0 saturated heterocycles. The smallest absolute Gasteiger partial charge is 0.150 e. The van der Waals surface area contributed by atoms with Gasteiger partial charge in [0.1, 0.15) is 5.75 Å². The van der Waals surface area contributed by atoms with E-state index in [1.807, 2.05) is 0 Å². The van der Waals surface area contributed by atoms with Gasteiger partial charge in [0.25, 0.3) is 0 Å². The highest BCUT2D eigenvalue weighted by molar-refractivity contribution is 9.10. The summed E-state index contributed by atoms with van der Waals surface area (Å²) in [6.07, 6.45) is 0. The molecule has 0 spiro atoms. The first kappa shape index (κ1) is 14.3. The topological polar surface area (TPSA) is 35.2 Å². The molecule has 0 aliphatic rings. The molecule has 0 fully saturated rings. The normalized spacial score (nSPS) is 10.6. The van der Waals surface area contributed by atoms with E-state index >= 15 is 0 Å². The molecule has 0 aliphatic carbocycles. The lowest BCUT2D eigenvalue weighted by Crippen LogP contribution is -2.01. The molecular formula is C14H12BrClFNO. The lowest BCUT2D eigenvalue weighted by atomic mass is 9.99. The predicted octanol–water partition coefficient (Wildman–Crippen LogP) is 4.38. The molecule has 0 aliphatic heterocycles. The number of benzene rings is 2. The Balaban J connectivity index is 2.62. The van der Waals surface area contributed by atoms with Gasteiger partial charge in [-0.1, -0.05) is 23.7 Å². The van der Waals surface area contributed by atoms with Crippen LogP contribution in [-0.4, -0.2) is 7.11 Å². The van der Waals surface area contributed by atoms with E-state index in [1.165, 1.54) is 0 Å². The summed E-state index contributed by atoms with van der Waals surface area (Å²) in [7, 11) is 1.58. The fourth-order valence-electron chi connectivity index (χ4n) is 1.86. The first-order chi connectivity index (χ1) is 9.08. The number of ether oxygens (including phenoxy) is 1. The molecule has 2 nitrogen and oxygen atoms in total. The molecule has 19 heavy (non-hydrogen) atoms. The number of rotatable bonds is 3. The number of methoxy groups -OCH3 is 1. The molecule has 5 heteroatoms. The van der Waals surface area contributed by atoms with Crippen LogP contribution in [0.1, 0.15) is 5.56 Å². The molecule has 0 unspecified atom stereocenters. The molecule has 0 bridgehead atoms. The van der Waals surface area contributed by atoms with Crippen LogP contribution in [0.5, 0.6) is 5.75 Å². The Hall–Kier alpha value is -1.10. The van der Waals surface area contributed by atoms with E-state index in [2.05, 4.69) is 15.9 Å².